The summed E-state index contributed by atoms with van der Waals surface area (Å²) in [6.45, 7) is 4.17. The molecule has 3 nitrogen and oxygen atoms in total. The quantitative estimate of drug-likeness (QED) is 0.839. The first kappa shape index (κ1) is 16.1. The topological polar surface area (TPSA) is 29.5 Å². The summed E-state index contributed by atoms with van der Waals surface area (Å²) in [7, 11) is 0. The molecule has 2 aromatic rings. The second-order valence-electron chi connectivity index (χ2n) is 5.62. The van der Waals surface area contributed by atoms with Gasteiger partial charge in [0.1, 0.15) is 5.82 Å². The number of halogens is 1. The van der Waals surface area contributed by atoms with E-state index in [-0.39, 0.29) is 17.8 Å². The van der Waals surface area contributed by atoms with E-state index in [9.17, 15) is 9.18 Å². The van der Waals surface area contributed by atoms with Crippen molar-refractivity contribution in [3.8, 4) is 11.1 Å². The Hall–Kier alpha value is -1.72. The van der Waals surface area contributed by atoms with Crippen LogP contribution in [-0.2, 0) is 4.74 Å². The molecule has 0 unspecified atom stereocenters. The van der Waals surface area contributed by atoms with Crippen molar-refractivity contribution in [1.82, 2.24) is 4.90 Å². The molecule has 0 aliphatic carbocycles. The molecule has 0 atom stereocenters. The van der Waals surface area contributed by atoms with Crippen molar-refractivity contribution in [2.24, 2.45) is 0 Å². The molecule has 0 saturated carbocycles. The first-order valence-corrected chi connectivity index (χ1v) is 8.81. The number of ether oxygens (including phenoxy) is 1. The van der Waals surface area contributed by atoms with Gasteiger partial charge < -0.3 is 9.64 Å². The Morgan fingerprint density at radius 2 is 1.96 bits per heavy atom. The zero-order chi connectivity index (χ0) is 16.2. The molecule has 0 N–H and O–H groups in total. The second-order valence-corrected chi connectivity index (χ2v) is 6.53. The average molecular weight is 333 g/mol. The van der Waals surface area contributed by atoms with Crippen molar-refractivity contribution in [2.75, 3.05) is 19.7 Å². The number of rotatable bonds is 4. The van der Waals surface area contributed by atoms with Crippen molar-refractivity contribution in [3.63, 3.8) is 0 Å². The van der Waals surface area contributed by atoms with Gasteiger partial charge in [-0.15, -0.1) is 11.3 Å². The Bertz CT molecular complexity index is 660. The lowest BCUT2D eigenvalue weighted by Crippen LogP contribution is -2.40. The lowest BCUT2D eigenvalue weighted by Gasteiger charge is -2.31. The number of thiophene rings is 1. The smallest absolute Gasteiger partial charge is 0.264 e. The Kier molecular flexibility index (Phi) is 5.08. The molecule has 1 aliphatic heterocycles. The van der Waals surface area contributed by atoms with Gasteiger partial charge in [0.15, 0.2) is 0 Å². The highest BCUT2D eigenvalue weighted by Gasteiger charge is 2.26. The Balaban J connectivity index is 1.74. The van der Waals surface area contributed by atoms with Gasteiger partial charge in [0.25, 0.3) is 5.91 Å². The Morgan fingerprint density at radius 3 is 2.61 bits per heavy atom. The molecule has 122 valence electrons. The van der Waals surface area contributed by atoms with Crippen LogP contribution in [0.15, 0.2) is 35.7 Å². The highest BCUT2D eigenvalue weighted by Crippen LogP contribution is 2.30. The molecule has 0 radical (unpaired) electrons. The summed E-state index contributed by atoms with van der Waals surface area (Å²) in [4.78, 5) is 15.4. The van der Waals surface area contributed by atoms with Crippen LogP contribution in [0.3, 0.4) is 0 Å². The molecule has 1 aromatic heterocycles. The molecule has 0 spiro atoms. The van der Waals surface area contributed by atoms with Gasteiger partial charge in [0, 0.05) is 25.3 Å². The number of hydrogen-bond donors (Lipinski definition) is 0. The van der Waals surface area contributed by atoms with Crippen molar-refractivity contribution in [2.45, 2.75) is 25.9 Å². The van der Waals surface area contributed by atoms with Crippen LogP contribution < -0.4 is 0 Å². The fraction of sp³-hybridized carbons (Fsp3) is 0.389. The van der Waals surface area contributed by atoms with Crippen LogP contribution in [0.4, 0.5) is 4.39 Å². The third kappa shape index (κ3) is 3.62. The number of hydrogen-bond acceptors (Lipinski definition) is 3. The fourth-order valence-electron chi connectivity index (χ4n) is 2.94. The minimum absolute atomic E-state index is 0.0641. The van der Waals surface area contributed by atoms with Crippen LogP contribution in [0.1, 0.15) is 29.4 Å². The zero-order valence-corrected chi connectivity index (χ0v) is 13.9. The van der Waals surface area contributed by atoms with Gasteiger partial charge in [-0.3, -0.25) is 4.79 Å². The van der Waals surface area contributed by atoms with Gasteiger partial charge in [-0.2, -0.15) is 0 Å². The maximum atomic E-state index is 13.1. The molecule has 1 fully saturated rings. The predicted molar refractivity (Wildman–Crippen MR) is 90.3 cm³/mol. The molecule has 1 aromatic carbocycles. The summed E-state index contributed by atoms with van der Waals surface area (Å²) < 4.78 is 18.7. The van der Waals surface area contributed by atoms with Crippen LogP contribution in [0, 0.1) is 5.82 Å². The van der Waals surface area contributed by atoms with E-state index in [0.29, 0.717) is 0 Å². The summed E-state index contributed by atoms with van der Waals surface area (Å²) in [5.74, 6) is -0.205. The van der Waals surface area contributed by atoms with E-state index in [4.69, 9.17) is 4.74 Å². The number of benzene rings is 1. The van der Waals surface area contributed by atoms with Crippen molar-refractivity contribution < 1.29 is 13.9 Å². The fourth-order valence-corrected chi connectivity index (χ4v) is 3.82. The van der Waals surface area contributed by atoms with Crippen molar-refractivity contribution in [1.29, 1.82) is 0 Å². The van der Waals surface area contributed by atoms with E-state index in [1.165, 1.54) is 23.5 Å². The standard InChI is InChI=1S/C18H20FNO2S/c1-2-22-15-7-10-20(11-8-15)18(21)17-16(9-12-23-17)13-3-5-14(19)6-4-13/h3-6,9,12,15H,2,7-8,10-11H2,1H3. The third-order valence-electron chi connectivity index (χ3n) is 4.15. The Labute approximate surface area is 139 Å². The van der Waals surface area contributed by atoms with E-state index in [2.05, 4.69) is 0 Å². The summed E-state index contributed by atoms with van der Waals surface area (Å²) in [6.07, 6.45) is 2.04. The van der Waals surface area contributed by atoms with Gasteiger partial charge in [-0.1, -0.05) is 12.1 Å². The van der Waals surface area contributed by atoms with Crippen LogP contribution in [0.5, 0.6) is 0 Å². The van der Waals surface area contributed by atoms with Gasteiger partial charge in [-0.05, 0) is 48.9 Å². The maximum absolute atomic E-state index is 13.1. The van der Waals surface area contributed by atoms with E-state index < -0.39 is 0 Å². The summed E-state index contributed by atoms with van der Waals surface area (Å²) in [6, 6.07) is 8.22. The summed E-state index contributed by atoms with van der Waals surface area (Å²) >= 11 is 1.45. The van der Waals surface area contributed by atoms with Crippen LogP contribution in [0.2, 0.25) is 0 Å². The molecule has 0 bridgehead atoms. The number of nitrogens with zero attached hydrogens (tertiary/aromatic N) is 1. The van der Waals surface area contributed by atoms with Crippen LogP contribution in [-0.4, -0.2) is 36.6 Å². The van der Waals surface area contributed by atoms with E-state index in [1.807, 2.05) is 23.3 Å². The molecule has 1 saturated heterocycles. The van der Waals surface area contributed by atoms with E-state index in [0.717, 1.165) is 48.5 Å². The monoisotopic (exact) mass is 333 g/mol. The molecule has 23 heavy (non-hydrogen) atoms. The first-order valence-electron chi connectivity index (χ1n) is 7.93. The molecule has 1 aliphatic rings. The average Bonchev–Trinajstić information content (AvgIpc) is 3.05. The highest BCUT2D eigenvalue weighted by molar-refractivity contribution is 7.12. The van der Waals surface area contributed by atoms with Crippen LogP contribution >= 0.6 is 11.3 Å². The van der Waals surface area contributed by atoms with E-state index >= 15 is 0 Å². The normalized spacial score (nSPS) is 15.8. The maximum Gasteiger partial charge on any atom is 0.264 e. The number of amides is 1. The lowest BCUT2D eigenvalue weighted by molar-refractivity contribution is 0.0148. The number of carbonyl (C=O) groups excluding carboxylic acids is 1. The van der Waals surface area contributed by atoms with Gasteiger partial charge in [-0.25, -0.2) is 4.39 Å². The molecule has 1 amide bonds. The molecule has 2 heterocycles. The SMILES string of the molecule is CCOC1CCN(C(=O)c2sccc2-c2ccc(F)cc2)CC1. The molecule has 3 rings (SSSR count). The largest absolute Gasteiger partial charge is 0.378 e. The summed E-state index contributed by atoms with van der Waals surface area (Å²) in [5.41, 5.74) is 1.76. The number of carbonyl (C=O) groups is 1. The highest BCUT2D eigenvalue weighted by atomic mass is 32.1. The van der Waals surface area contributed by atoms with Gasteiger partial charge in [0.05, 0.1) is 11.0 Å². The van der Waals surface area contributed by atoms with Gasteiger partial charge >= 0.3 is 0 Å². The molecular formula is C18H20FNO2S. The second kappa shape index (κ2) is 7.23. The summed E-state index contributed by atoms with van der Waals surface area (Å²) in [5, 5.41) is 1.92. The van der Waals surface area contributed by atoms with E-state index in [1.54, 1.807) is 12.1 Å². The molecular weight excluding hydrogens is 313 g/mol. The van der Waals surface area contributed by atoms with Crippen LogP contribution in [0.25, 0.3) is 11.1 Å². The minimum Gasteiger partial charge on any atom is -0.378 e. The minimum atomic E-state index is -0.269. The van der Waals surface area contributed by atoms with Crippen molar-refractivity contribution >= 4 is 17.2 Å². The van der Waals surface area contributed by atoms with Gasteiger partial charge in [0.2, 0.25) is 0 Å². The zero-order valence-electron chi connectivity index (χ0n) is 13.1. The number of likely N-dealkylation sites (tertiary alicyclic amines) is 1. The third-order valence-corrected chi connectivity index (χ3v) is 5.05. The first-order chi connectivity index (χ1) is 11.2. The molecule has 5 heteroatoms. The Morgan fingerprint density at radius 1 is 1.26 bits per heavy atom. The lowest BCUT2D eigenvalue weighted by atomic mass is 10.0. The number of piperidine rings is 1. The predicted octanol–water partition coefficient (Wildman–Crippen LogP) is 4.20. The van der Waals surface area contributed by atoms with Crippen molar-refractivity contribution in [3.05, 3.63) is 46.4 Å².